The van der Waals surface area contributed by atoms with Crippen molar-refractivity contribution in [1.29, 1.82) is 0 Å². The van der Waals surface area contributed by atoms with E-state index < -0.39 is 37.1 Å². The lowest BCUT2D eigenvalue weighted by atomic mass is 9.98. The number of alkyl halides is 1. The highest BCUT2D eigenvalue weighted by Gasteiger charge is 2.53. The van der Waals surface area contributed by atoms with Crippen molar-refractivity contribution in [3.05, 3.63) is 0 Å². The van der Waals surface area contributed by atoms with Gasteiger partial charge in [0.2, 0.25) is 0 Å². The van der Waals surface area contributed by atoms with Gasteiger partial charge in [-0.05, 0) is 0 Å². The molecule has 0 saturated carbocycles. The van der Waals surface area contributed by atoms with Gasteiger partial charge in [-0.15, -0.1) is 0 Å². The normalized spacial score (nSPS) is 52.2. The second-order valence-electron chi connectivity index (χ2n) is 2.87. The van der Waals surface area contributed by atoms with E-state index >= 15 is 0 Å². The van der Waals surface area contributed by atoms with Crippen molar-refractivity contribution in [2.24, 2.45) is 0 Å². The maximum absolute atomic E-state index is 12.8. The summed E-state index contributed by atoms with van der Waals surface area (Å²) in [6.45, 7) is -0.781. The van der Waals surface area contributed by atoms with Crippen molar-refractivity contribution < 1.29 is 34.7 Å². The lowest BCUT2D eigenvalue weighted by Gasteiger charge is -2.40. The molecule has 0 aromatic heterocycles. The maximum Gasteiger partial charge on any atom is 0.347 e. The van der Waals surface area contributed by atoms with Crippen LogP contribution in [0.3, 0.4) is 0 Å². The fourth-order valence-corrected chi connectivity index (χ4v) is 1.11. The average molecular weight is 198 g/mol. The number of ether oxygens (including phenoxy) is 1. The van der Waals surface area contributed by atoms with E-state index in [0.29, 0.717) is 0 Å². The van der Waals surface area contributed by atoms with Gasteiger partial charge in [-0.3, -0.25) is 0 Å². The van der Waals surface area contributed by atoms with E-state index in [2.05, 4.69) is 4.74 Å². The van der Waals surface area contributed by atoms with E-state index in [1.807, 2.05) is 0 Å². The molecule has 1 aliphatic heterocycles. The standard InChI is InChI=1S/C6H11FO6/c7-6(12)5(11)4(10)3(9)2(1-8)13-6/h2-5,8-12H,1H2/t2-,3-,4+,5+,6+/m1/s1. The van der Waals surface area contributed by atoms with Crippen molar-refractivity contribution in [2.45, 2.75) is 30.5 Å². The molecule has 0 amide bonds. The molecule has 1 aliphatic rings. The van der Waals surface area contributed by atoms with Gasteiger partial charge in [0.25, 0.3) is 0 Å². The zero-order valence-electron chi connectivity index (χ0n) is 6.54. The number of hydrogen-bond donors (Lipinski definition) is 5. The van der Waals surface area contributed by atoms with Gasteiger partial charge in [0.15, 0.2) is 6.10 Å². The molecule has 0 bridgehead atoms. The highest BCUT2D eigenvalue weighted by atomic mass is 19.2. The Morgan fingerprint density at radius 1 is 1.23 bits per heavy atom. The Bertz CT molecular complexity index is 184. The molecule has 1 rings (SSSR count). The van der Waals surface area contributed by atoms with Crippen LogP contribution in [0.4, 0.5) is 4.39 Å². The van der Waals surface area contributed by atoms with Gasteiger partial charge in [0.05, 0.1) is 6.61 Å². The molecule has 0 aromatic carbocycles. The number of rotatable bonds is 1. The third-order valence-electron chi connectivity index (χ3n) is 1.92. The van der Waals surface area contributed by atoms with Crippen molar-refractivity contribution in [3.63, 3.8) is 0 Å². The molecule has 5 N–H and O–H groups in total. The van der Waals surface area contributed by atoms with Crippen LogP contribution < -0.4 is 0 Å². The first-order valence-electron chi connectivity index (χ1n) is 3.64. The lowest BCUT2D eigenvalue weighted by Crippen LogP contribution is -2.63. The molecule has 78 valence electrons. The predicted octanol–water partition coefficient (Wildman–Crippen LogP) is -2.92. The summed E-state index contributed by atoms with van der Waals surface area (Å²) in [5.74, 6) is 0. The number of hydrogen-bond acceptors (Lipinski definition) is 6. The molecule has 5 atom stereocenters. The largest absolute Gasteiger partial charge is 0.394 e. The molecular weight excluding hydrogens is 187 g/mol. The monoisotopic (exact) mass is 198 g/mol. The van der Waals surface area contributed by atoms with Crippen LogP contribution in [0.5, 0.6) is 0 Å². The van der Waals surface area contributed by atoms with Crippen molar-refractivity contribution in [1.82, 2.24) is 0 Å². The SMILES string of the molecule is OC[C@H]1O[C@](O)(F)[C@@H](O)[C@@H](O)[C@@H]1O. The fourth-order valence-electron chi connectivity index (χ4n) is 1.11. The molecule has 1 heterocycles. The van der Waals surface area contributed by atoms with Crippen LogP contribution in [0, 0.1) is 0 Å². The Morgan fingerprint density at radius 3 is 2.23 bits per heavy atom. The summed E-state index contributed by atoms with van der Waals surface area (Å²) in [5.41, 5.74) is 0. The zero-order valence-corrected chi connectivity index (χ0v) is 6.54. The molecule has 0 radical (unpaired) electrons. The Balaban J connectivity index is 2.79. The first-order chi connectivity index (χ1) is 5.90. The van der Waals surface area contributed by atoms with Gasteiger partial charge in [0.1, 0.15) is 18.3 Å². The number of aliphatic hydroxyl groups is 5. The quantitative estimate of drug-likeness (QED) is 0.308. The zero-order chi connectivity index (χ0) is 10.2. The summed E-state index contributed by atoms with van der Waals surface area (Å²) in [5, 5.41) is 44.2. The van der Waals surface area contributed by atoms with Gasteiger partial charge in [-0.2, -0.15) is 4.39 Å². The summed E-state index contributed by atoms with van der Waals surface area (Å²) in [4.78, 5) is 0. The van der Waals surface area contributed by atoms with E-state index in [1.54, 1.807) is 0 Å². The van der Waals surface area contributed by atoms with E-state index in [9.17, 15) is 4.39 Å². The third-order valence-corrected chi connectivity index (χ3v) is 1.92. The molecule has 13 heavy (non-hydrogen) atoms. The molecule has 7 heteroatoms. The lowest BCUT2D eigenvalue weighted by molar-refractivity contribution is -0.403. The van der Waals surface area contributed by atoms with E-state index in [-0.39, 0.29) is 0 Å². The van der Waals surface area contributed by atoms with E-state index in [4.69, 9.17) is 25.5 Å². The van der Waals surface area contributed by atoms with Crippen LogP contribution in [0.25, 0.3) is 0 Å². The molecular formula is C6H11FO6. The first-order valence-corrected chi connectivity index (χ1v) is 3.64. The molecule has 0 aliphatic carbocycles. The average Bonchev–Trinajstić information content (AvgIpc) is 2.08. The second kappa shape index (κ2) is 3.45. The van der Waals surface area contributed by atoms with Gasteiger partial charge in [0, 0.05) is 0 Å². The van der Waals surface area contributed by atoms with Crippen molar-refractivity contribution >= 4 is 0 Å². The van der Waals surface area contributed by atoms with E-state index in [1.165, 1.54) is 0 Å². The van der Waals surface area contributed by atoms with Crippen LogP contribution in [-0.4, -0.2) is 62.6 Å². The molecule has 0 aromatic rings. The molecule has 1 fully saturated rings. The summed E-state index contributed by atoms with van der Waals surface area (Å²) in [6, 6.07) is -3.45. The first kappa shape index (κ1) is 10.8. The maximum atomic E-state index is 12.8. The minimum absolute atomic E-state index is 0.781. The smallest absolute Gasteiger partial charge is 0.347 e. The highest BCUT2D eigenvalue weighted by Crippen LogP contribution is 2.28. The van der Waals surface area contributed by atoms with Gasteiger partial charge < -0.3 is 30.3 Å². The topological polar surface area (TPSA) is 110 Å². The van der Waals surface area contributed by atoms with Gasteiger partial charge in [-0.25, -0.2) is 0 Å². The third kappa shape index (κ3) is 1.80. The minimum Gasteiger partial charge on any atom is -0.394 e. The fraction of sp³-hybridized carbons (Fsp3) is 1.00. The van der Waals surface area contributed by atoms with Crippen molar-refractivity contribution in [2.75, 3.05) is 6.61 Å². The van der Waals surface area contributed by atoms with Crippen molar-refractivity contribution in [3.8, 4) is 0 Å². The second-order valence-corrected chi connectivity index (χ2v) is 2.87. The van der Waals surface area contributed by atoms with Gasteiger partial charge >= 0.3 is 6.04 Å². The van der Waals surface area contributed by atoms with E-state index in [0.717, 1.165) is 0 Å². The molecule has 1 saturated heterocycles. The van der Waals surface area contributed by atoms with Gasteiger partial charge in [-0.1, -0.05) is 0 Å². The van der Waals surface area contributed by atoms with Crippen LogP contribution in [-0.2, 0) is 4.74 Å². The Kier molecular flexibility index (Phi) is 2.85. The summed E-state index contributed by atoms with van der Waals surface area (Å²) >= 11 is 0. The molecule has 0 unspecified atom stereocenters. The molecule has 0 spiro atoms. The Morgan fingerprint density at radius 2 is 1.77 bits per heavy atom. The minimum atomic E-state index is -3.45. The summed E-state index contributed by atoms with van der Waals surface area (Å²) < 4.78 is 16.9. The Labute approximate surface area is 72.8 Å². The highest BCUT2D eigenvalue weighted by molar-refractivity contribution is 4.91. The van der Waals surface area contributed by atoms with Crippen LogP contribution in [0.15, 0.2) is 0 Å². The number of halogens is 1. The van der Waals surface area contributed by atoms with Crippen LogP contribution in [0.1, 0.15) is 0 Å². The molecule has 6 nitrogen and oxygen atoms in total. The number of aliphatic hydroxyl groups excluding tert-OH is 4. The Hall–Kier alpha value is -0.310. The predicted molar refractivity (Wildman–Crippen MR) is 36.0 cm³/mol. The van der Waals surface area contributed by atoms with Crippen LogP contribution in [0.2, 0.25) is 0 Å². The summed E-state index contributed by atoms with van der Waals surface area (Å²) in [7, 11) is 0. The van der Waals surface area contributed by atoms with Crippen LogP contribution >= 0.6 is 0 Å². The summed E-state index contributed by atoms with van der Waals surface area (Å²) in [6.07, 6.45) is -7.27.